The molecule has 3 aromatic carbocycles. The van der Waals surface area contributed by atoms with Gasteiger partial charge in [0.25, 0.3) is 0 Å². The van der Waals surface area contributed by atoms with Crippen LogP contribution in [0.2, 0.25) is 0 Å². The number of esters is 1. The summed E-state index contributed by atoms with van der Waals surface area (Å²) in [4.78, 5) is 29.9. The van der Waals surface area contributed by atoms with Crippen LogP contribution in [0, 0.1) is 6.92 Å². The third kappa shape index (κ3) is 4.48. The maximum absolute atomic E-state index is 13.6. The summed E-state index contributed by atoms with van der Waals surface area (Å²) >= 11 is 0. The molecule has 7 heteroatoms. The number of hydrogen-bond acceptors (Lipinski definition) is 6. The summed E-state index contributed by atoms with van der Waals surface area (Å²) in [6, 6.07) is 22.1. The van der Waals surface area contributed by atoms with Gasteiger partial charge in [-0.05, 0) is 74.4 Å². The number of nitrogens with zero attached hydrogens (tertiary/aromatic N) is 2. The van der Waals surface area contributed by atoms with Gasteiger partial charge < -0.3 is 19.5 Å². The first-order valence-electron chi connectivity index (χ1n) is 15.7. The van der Waals surface area contributed by atoms with Gasteiger partial charge >= 0.3 is 5.97 Å². The van der Waals surface area contributed by atoms with Crippen LogP contribution in [0.5, 0.6) is 11.5 Å². The molecule has 1 amide bonds. The SMILES string of the molecule is CC(=O)Oc1ccc2c3c1OC1C(N(C)C(=O)/C=C/c4cccc(C)c4)CC[C@@]4(O)[C@@H](C2)N(CCc2ccccc2)CC[C@]314. The van der Waals surface area contributed by atoms with Gasteiger partial charge in [0, 0.05) is 38.2 Å². The van der Waals surface area contributed by atoms with Gasteiger partial charge in [-0.1, -0.05) is 66.2 Å². The van der Waals surface area contributed by atoms with Gasteiger partial charge in [-0.25, -0.2) is 0 Å². The van der Waals surface area contributed by atoms with Crippen LogP contribution in [-0.4, -0.2) is 70.7 Å². The maximum atomic E-state index is 13.6. The predicted molar refractivity (Wildman–Crippen MR) is 169 cm³/mol. The summed E-state index contributed by atoms with van der Waals surface area (Å²) < 4.78 is 12.5. The first-order chi connectivity index (χ1) is 21.2. The van der Waals surface area contributed by atoms with Crippen molar-refractivity contribution in [2.75, 3.05) is 20.1 Å². The summed E-state index contributed by atoms with van der Waals surface area (Å²) in [5.74, 6) is 0.424. The van der Waals surface area contributed by atoms with E-state index in [9.17, 15) is 14.7 Å². The Morgan fingerprint density at radius 1 is 1.11 bits per heavy atom. The van der Waals surface area contributed by atoms with E-state index in [2.05, 4.69) is 29.2 Å². The highest BCUT2D eigenvalue weighted by Crippen LogP contribution is 2.66. The Morgan fingerprint density at radius 3 is 2.70 bits per heavy atom. The van der Waals surface area contributed by atoms with Crippen molar-refractivity contribution in [2.45, 2.75) is 75.2 Å². The van der Waals surface area contributed by atoms with Crippen LogP contribution < -0.4 is 9.47 Å². The molecule has 7 nitrogen and oxygen atoms in total. The molecule has 44 heavy (non-hydrogen) atoms. The van der Waals surface area contributed by atoms with E-state index in [1.165, 1.54) is 12.5 Å². The van der Waals surface area contributed by atoms with E-state index in [1.807, 2.05) is 62.5 Å². The smallest absolute Gasteiger partial charge is 0.308 e. The van der Waals surface area contributed by atoms with Crippen molar-refractivity contribution in [2.24, 2.45) is 0 Å². The molecule has 0 aromatic heterocycles. The Hall–Kier alpha value is -3.94. The molecule has 3 aromatic rings. The second kappa shape index (κ2) is 10.9. The largest absolute Gasteiger partial charge is 0.483 e. The summed E-state index contributed by atoms with van der Waals surface area (Å²) in [6.07, 6.45) is 6.49. The number of rotatable bonds is 7. The highest BCUT2D eigenvalue weighted by atomic mass is 16.6. The van der Waals surface area contributed by atoms with Crippen molar-refractivity contribution in [3.8, 4) is 11.5 Å². The maximum Gasteiger partial charge on any atom is 0.308 e. The summed E-state index contributed by atoms with van der Waals surface area (Å²) in [6.45, 7) is 5.09. The molecule has 2 unspecified atom stereocenters. The molecule has 0 radical (unpaired) electrons. The lowest BCUT2D eigenvalue weighted by Gasteiger charge is -2.64. The fourth-order valence-electron chi connectivity index (χ4n) is 8.63. The van der Waals surface area contributed by atoms with Gasteiger partial charge in [0.05, 0.1) is 17.1 Å². The number of piperidine rings is 1. The third-order valence-corrected chi connectivity index (χ3v) is 10.6. The van der Waals surface area contributed by atoms with Crippen LogP contribution in [0.25, 0.3) is 6.08 Å². The number of amides is 1. The fourth-order valence-corrected chi connectivity index (χ4v) is 8.63. The first-order valence-corrected chi connectivity index (χ1v) is 15.7. The van der Waals surface area contributed by atoms with Gasteiger partial charge in [0.1, 0.15) is 6.10 Å². The van der Waals surface area contributed by atoms with Gasteiger partial charge in [-0.2, -0.15) is 0 Å². The monoisotopic (exact) mass is 592 g/mol. The Bertz CT molecular complexity index is 1640. The zero-order valence-electron chi connectivity index (χ0n) is 25.7. The third-order valence-electron chi connectivity index (χ3n) is 10.6. The van der Waals surface area contributed by atoms with Gasteiger partial charge in [0.15, 0.2) is 11.5 Å². The minimum Gasteiger partial charge on any atom is -0.483 e. The molecule has 4 aliphatic rings. The van der Waals surface area contributed by atoms with Gasteiger partial charge in [0.2, 0.25) is 5.91 Å². The van der Waals surface area contributed by atoms with E-state index in [1.54, 1.807) is 11.0 Å². The molecule has 2 fully saturated rings. The second-order valence-electron chi connectivity index (χ2n) is 13.0. The summed E-state index contributed by atoms with van der Waals surface area (Å²) in [7, 11) is 1.84. The molecule has 1 saturated heterocycles. The van der Waals surface area contributed by atoms with Crippen LogP contribution in [0.3, 0.4) is 0 Å². The number of likely N-dealkylation sites (tertiary alicyclic amines) is 1. The van der Waals surface area contributed by atoms with E-state index in [0.717, 1.165) is 41.8 Å². The minimum atomic E-state index is -1.04. The molecular formula is C37H40N2O5. The molecule has 228 valence electrons. The number of carbonyl (C=O) groups excluding carboxylic acids is 2. The number of hydrogen-bond donors (Lipinski definition) is 1. The van der Waals surface area contributed by atoms with E-state index >= 15 is 0 Å². The normalized spacial score (nSPS) is 28.3. The van der Waals surface area contributed by atoms with Crippen LogP contribution >= 0.6 is 0 Å². The Morgan fingerprint density at radius 2 is 1.93 bits per heavy atom. The standard InChI is InChI=1S/C37H40N2O5/c1-24-8-7-11-27(22-24)12-15-32(41)38(3)29-16-18-37(42)31-23-28-13-14-30(43-25(2)40)34-33(28)36(37,35(29)44-34)19-21-39(31)20-17-26-9-5-4-6-10-26/h4-15,22,29,31,35,42H,16-21,23H2,1-3H3/b15-12+/t29?,31-,35?,36+,37-/m1/s1. The molecule has 2 heterocycles. The summed E-state index contributed by atoms with van der Waals surface area (Å²) in [5, 5.41) is 12.9. The molecule has 1 saturated carbocycles. The topological polar surface area (TPSA) is 79.3 Å². The molecule has 7 rings (SSSR count). The number of aliphatic hydroxyl groups is 1. The molecule has 2 aliphatic carbocycles. The van der Waals surface area contributed by atoms with E-state index in [-0.39, 0.29) is 18.0 Å². The molecule has 5 atom stereocenters. The number of aryl methyl sites for hydroxylation is 1. The minimum absolute atomic E-state index is 0.0766. The predicted octanol–water partition coefficient (Wildman–Crippen LogP) is 4.86. The van der Waals surface area contributed by atoms with Crippen LogP contribution in [0.1, 0.15) is 54.0 Å². The van der Waals surface area contributed by atoms with Crippen molar-refractivity contribution in [1.82, 2.24) is 9.80 Å². The number of ether oxygens (including phenoxy) is 2. The highest BCUT2D eigenvalue weighted by molar-refractivity contribution is 5.92. The summed E-state index contributed by atoms with van der Waals surface area (Å²) in [5.41, 5.74) is 3.75. The molecule has 1 N–H and O–H groups in total. The average Bonchev–Trinajstić information content (AvgIpc) is 3.36. The zero-order valence-corrected chi connectivity index (χ0v) is 25.7. The molecular weight excluding hydrogens is 552 g/mol. The van der Waals surface area contributed by atoms with Crippen LogP contribution in [-0.2, 0) is 27.8 Å². The second-order valence-corrected chi connectivity index (χ2v) is 13.0. The fraction of sp³-hybridized carbons (Fsp3) is 0.405. The molecule has 2 aliphatic heterocycles. The highest BCUT2D eigenvalue weighted by Gasteiger charge is 2.73. The number of benzene rings is 3. The molecule has 1 spiro atoms. The average molecular weight is 593 g/mol. The van der Waals surface area contributed by atoms with Crippen molar-refractivity contribution >= 4 is 18.0 Å². The Labute approximate surface area is 259 Å². The lowest BCUT2D eigenvalue weighted by molar-refractivity contribution is -0.199. The lowest BCUT2D eigenvalue weighted by Crippen LogP contribution is -2.78. The molecule has 2 bridgehead atoms. The number of carbonyl (C=O) groups is 2. The van der Waals surface area contributed by atoms with E-state index < -0.39 is 23.1 Å². The Balaban J connectivity index is 1.24. The van der Waals surface area contributed by atoms with E-state index in [4.69, 9.17) is 9.47 Å². The first kappa shape index (κ1) is 28.8. The zero-order chi connectivity index (χ0) is 30.6. The van der Waals surface area contributed by atoms with Crippen LogP contribution in [0.15, 0.2) is 72.8 Å². The van der Waals surface area contributed by atoms with E-state index in [0.29, 0.717) is 37.2 Å². The van der Waals surface area contributed by atoms with Crippen molar-refractivity contribution in [1.29, 1.82) is 0 Å². The van der Waals surface area contributed by atoms with Crippen molar-refractivity contribution in [3.63, 3.8) is 0 Å². The van der Waals surface area contributed by atoms with Crippen molar-refractivity contribution < 1.29 is 24.2 Å². The van der Waals surface area contributed by atoms with Crippen LogP contribution in [0.4, 0.5) is 0 Å². The number of likely N-dealkylation sites (N-methyl/N-ethyl adjacent to an activating group) is 1. The van der Waals surface area contributed by atoms with Gasteiger partial charge in [-0.15, -0.1) is 0 Å². The Kier molecular flexibility index (Phi) is 7.13. The van der Waals surface area contributed by atoms with Gasteiger partial charge in [-0.3, -0.25) is 14.5 Å². The lowest BCUT2D eigenvalue weighted by atomic mass is 9.48. The quantitative estimate of drug-likeness (QED) is 0.240. The van der Waals surface area contributed by atoms with Crippen molar-refractivity contribution in [3.05, 3.63) is 101 Å².